The first-order valence-electron chi connectivity index (χ1n) is 5.79. The van der Waals surface area contributed by atoms with Gasteiger partial charge in [0.25, 0.3) is 0 Å². The van der Waals surface area contributed by atoms with Crippen LogP contribution in [0.25, 0.3) is 10.9 Å². The zero-order valence-corrected chi connectivity index (χ0v) is 10.6. The predicted octanol–water partition coefficient (Wildman–Crippen LogP) is 1.31. The van der Waals surface area contributed by atoms with E-state index in [1.54, 1.807) is 0 Å². The summed E-state index contributed by atoms with van der Waals surface area (Å²) in [5, 5.41) is 9.31. The van der Waals surface area contributed by atoms with Gasteiger partial charge in [0.15, 0.2) is 12.1 Å². The molecule has 0 aliphatic rings. The number of aromatic nitrogens is 1. The van der Waals surface area contributed by atoms with E-state index in [1.165, 1.54) is 35.9 Å². The van der Waals surface area contributed by atoms with E-state index in [0.717, 1.165) is 0 Å². The van der Waals surface area contributed by atoms with Gasteiger partial charge in [-0.3, -0.25) is 19.2 Å². The van der Waals surface area contributed by atoms with Crippen LogP contribution in [0.5, 0.6) is 0 Å². The average Bonchev–Trinajstić information content (AvgIpc) is 2.75. The Balaban J connectivity index is 2.69. The van der Waals surface area contributed by atoms with Crippen LogP contribution in [-0.4, -0.2) is 33.5 Å². The second-order valence-corrected chi connectivity index (χ2v) is 4.33. The molecule has 0 unspecified atom stereocenters. The van der Waals surface area contributed by atoms with E-state index < -0.39 is 11.8 Å². The van der Waals surface area contributed by atoms with Gasteiger partial charge in [-0.05, 0) is 25.1 Å². The minimum Gasteiger partial charge on any atom is -0.480 e. The summed E-state index contributed by atoms with van der Waals surface area (Å²) < 4.78 is 1.42. The Bertz CT molecular complexity index is 741. The van der Waals surface area contributed by atoms with Crippen molar-refractivity contribution in [3.8, 4) is 0 Å². The second kappa shape index (κ2) is 5.08. The summed E-state index contributed by atoms with van der Waals surface area (Å²) in [5.74, 6) is -1.97. The van der Waals surface area contributed by atoms with Crippen LogP contribution in [0.2, 0.25) is 0 Å². The molecule has 0 saturated carbocycles. The number of aldehydes is 1. The maximum atomic E-state index is 11.6. The third kappa shape index (κ3) is 2.35. The first-order chi connectivity index (χ1) is 9.43. The molecule has 2 rings (SSSR count). The topological polar surface area (TPSA) is 93.4 Å². The molecule has 0 amide bonds. The highest BCUT2D eigenvalue weighted by atomic mass is 16.4. The third-order valence-electron chi connectivity index (χ3n) is 2.96. The van der Waals surface area contributed by atoms with Gasteiger partial charge in [0.2, 0.25) is 5.78 Å². The molecule has 1 heterocycles. The number of ketones is 2. The molecule has 6 heteroatoms. The number of rotatable bonds is 5. The highest BCUT2D eigenvalue weighted by Gasteiger charge is 2.15. The van der Waals surface area contributed by atoms with E-state index in [0.29, 0.717) is 16.5 Å². The van der Waals surface area contributed by atoms with Gasteiger partial charge in [-0.15, -0.1) is 0 Å². The van der Waals surface area contributed by atoms with Crippen molar-refractivity contribution in [1.29, 1.82) is 0 Å². The van der Waals surface area contributed by atoms with E-state index in [-0.39, 0.29) is 24.2 Å². The van der Waals surface area contributed by atoms with Gasteiger partial charge in [-0.2, -0.15) is 0 Å². The summed E-state index contributed by atoms with van der Waals surface area (Å²) in [4.78, 5) is 44.3. The third-order valence-corrected chi connectivity index (χ3v) is 2.96. The number of carboxylic acids is 1. The van der Waals surface area contributed by atoms with Crippen LogP contribution in [-0.2, 0) is 16.1 Å². The van der Waals surface area contributed by atoms with Crippen LogP contribution in [0.3, 0.4) is 0 Å². The minimum absolute atomic E-state index is 0.170. The molecule has 0 atom stereocenters. The fraction of sp³-hybridized carbons (Fsp3) is 0.143. The Hall–Kier alpha value is -2.76. The largest absolute Gasteiger partial charge is 0.480 e. The maximum Gasteiger partial charge on any atom is 0.323 e. The number of carboxylic acid groups (broad SMARTS) is 1. The predicted molar refractivity (Wildman–Crippen MR) is 70.0 cm³/mol. The van der Waals surface area contributed by atoms with Crippen LogP contribution >= 0.6 is 0 Å². The monoisotopic (exact) mass is 273 g/mol. The van der Waals surface area contributed by atoms with Crippen LogP contribution in [0.1, 0.15) is 27.6 Å². The lowest BCUT2D eigenvalue weighted by molar-refractivity contribution is -0.137. The molecule has 1 aromatic heterocycles. The van der Waals surface area contributed by atoms with E-state index in [1.807, 2.05) is 0 Å². The Labute approximate surface area is 113 Å². The van der Waals surface area contributed by atoms with Gasteiger partial charge in [0.05, 0.1) is 0 Å². The SMILES string of the molecule is CC(=O)c1cn(CC(=O)O)c2ccc(C(=O)C=O)cc12. The molecule has 0 saturated heterocycles. The van der Waals surface area contributed by atoms with Crippen molar-refractivity contribution in [2.24, 2.45) is 0 Å². The second-order valence-electron chi connectivity index (χ2n) is 4.33. The quantitative estimate of drug-likeness (QED) is 0.503. The van der Waals surface area contributed by atoms with Gasteiger partial charge in [-0.1, -0.05) is 0 Å². The van der Waals surface area contributed by atoms with E-state index in [2.05, 4.69) is 0 Å². The number of hydrogen-bond donors (Lipinski definition) is 1. The highest BCUT2D eigenvalue weighted by molar-refractivity contribution is 6.33. The lowest BCUT2D eigenvalue weighted by atomic mass is 10.1. The van der Waals surface area contributed by atoms with E-state index in [4.69, 9.17) is 5.11 Å². The summed E-state index contributed by atoms with van der Waals surface area (Å²) in [6.45, 7) is 1.07. The number of nitrogens with zero attached hydrogens (tertiary/aromatic N) is 1. The standard InChI is InChI=1S/C14H11NO5/c1-8(17)11-5-15(6-14(19)20)12-3-2-9(4-10(11)12)13(18)7-16/h2-5,7H,6H2,1H3,(H,19,20). The van der Waals surface area contributed by atoms with E-state index >= 15 is 0 Å². The number of Topliss-reactive ketones (excluding diaryl/α,β-unsaturated/α-hetero) is 2. The van der Waals surface area contributed by atoms with Crippen molar-refractivity contribution in [1.82, 2.24) is 4.57 Å². The van der Waals surface area contributed by atoms with Crippen LogP contribution in [0.4, 0.5) is 0 Å². The molecule has 102 valence electrons. The van der Waals surface area contributed by atoms with Crippen molar-refractivity contribution in [3.63, 3.8) is 0 Å². The van der Waals surface area contributed by atoms with E-state index in [9.17, 15) is 19.2 Å². The Morgan fingerprint density at radius 3 is 2.55 bits per heavy atom. The van der Waals surface area contributed by atoms with Crippen molar-refractivity contribution in [3.05, 3.63) is 35.5 Å². The summed E-state index contributed by atoms with van der Waals surface area (Å²) in [5.41, 5.74) is 1.02. The highest BCUT2D eigenvalue weighted by Crippen LogP contribution is 2.23. The van der Waals surface area contributed by atoms with Crippen molar-refractivity contribution < 1.29 is 24.3 Å². The molecular weight excluding hydrogens is 262 g/mol. The number of carbonyl (C=O) groups excluding carboxylic acids is 3. The fourth-order valence-electron chi connectivity index (χ4n) is 2.08. The molecule has 20 heavy (non-hydrogen) atoms. The summed E-state index contributed by atoms with van der Waals surface area (Å²) >= 11 is 0. The summed E-state index contributed by atoms with van der Waals surface area (Å²) in [6, 6.07) is 4.39. The molecule has 2 aromatic rings. The molecular formula is C14H11NO5. The van der Waals surface area contributed by atoms with Crippen LogP contribution < -0.4 is 0 Å². The molecule has 0 fully saturated rings. The number of aliphatic carboxylic acids is 1. The first kappa shape index (κ1) is 13.7. The number of hydrogen-bond acceptors (Lipinski definition) is 4. The molecule has 0 radical (unpaired) electrons. The summed E-state index contributed by atoms with van der Waals surface area (Å²) in [7, 11) is 0. The molecule has 1 aromatic carbocycles. The molecule has 0 aliphatic heterocycles. The number of fused-ring (bicyclic) bond motifs is 1. The van der Waals surface area contributed by atoms with Crippen molar-refractivity contribution >= 4 is 34.7 Å². The van der Waals surface area contributed by atoms with Gasteiger partial charge >= 0.3 is 5.97 Å². The van der Waals surface area contributed by atoms with Crippen LogP contribution in [0.15, 0.2) is 24.4 Å². The molecule has 1 N–H and O–H groups in total. The van der Waals surface area contributed by atoms with Crippen molar-refractivity contribution in [2.45, 2.75) is 13.5 Å². The number of carbonyl (C=O) groups is 4. The summed E-state index contributed by atoms with van der Waals surface area (Å²) in [6.07, 6.45) is 1.64. The molecule has 0 spiro atoms. The number of benzene rings is 1. The van der Waals surface area contributed by atoms with Gasteiger partial charge in [-0.25, -0.2) is 0 Å². The zero-order valence-electron chi connectivity index (χ0n) is 10.6. The minimum atomic E-state index is -1.04. The maximum absolute atomic E-state index is 11.6. The van der Waals surface area contributed by atoms with Crippen LogP contribution in [0, 0.1) is 0 Å². The fourth-order valence-corrected chi connectivity index (χ4v) is 2.08. The Morgan fingerprint density at radius 1 is 1.30 bits per heavy atom. The first-order valence-corrected chi connectivity index (χ1v) is 5.79. The Kier molecular flexibility index (Phi) is 3.47. The molecule has 0 bridgehead atoms. The van der Waals surface area contributed by atoms with Gasteiger partial charge in [0, 0.05) is 28.2 Å². The van der Waals surface area contributed by atoms with Crippen molar-refractivity contribution in [2.75, 3.05) is 0 Å². The van der Waals surface area contributed by atoms with Gasteiger partial charge in [0.1, 0.15) is 6.54 Å². The zero-order chi connectivity index (χ0) is 14.9. The lowest BCUT2D eigenvalue weighted by Gasteiger charge is -2.01. The van der Waals surface area contributed by atoms with Gasteiger partial charge < -0.3 is 9.67 Å². The Morgan fingerprint density at radius 2 is 2.00 bits per heavy atom. The molecule has 0 aliphatic carbocycles. The molecule has 6 nitrogen and oxygen atoms in total. The average molecular weight is 273 g/mol. The lowest BCUT2D eigenvalue weighted by Crippen LogP contribution is -2.07. The smallest absolute Gasteiger partial charge is 0.323 e. The normalized spacial score (nSPS) is 10.4.